The van der Waals surface area contributed by atoms with Crippen molar-refractivity contribution < 1.29 is 0 Å². The van der Waals surface area contributed by atoms with Crippen LogP contribution in [0.1, 0.15) is 16.9 Å². The third-order valence-corrected chi connectivity index (χ3v) is 2.11. The highest BCUT2D eigenvalue weighted by molar-refractivity contribution is 7.81. The summed E-state index contributed by atoms with van der Waals surface area (Å²) in [6.45, 7) is 3.77. The Morgan fingerprint density at radius 3 is 2.44 bits per heavy atom. The summed E-state index contributed by atoms with van der Waals surface area (Å²) in [6, 6.07) is 0. The van der Waals surface area contributed by atoms with E-state index in [0.29, 0.717) is 0 Å². The molecule has 0 aliphatic heterocycles. The molecule has 2 nitrogen and oxygen atoms in total. The van der Waals surface area contributed by atoms with E-state index < -0.39 is 0 Å². The number of aryl methyl sites for hydroxylation is 1. The number of hydrogen-bond acceptors (Lipinski definition) is 4. The molecule has 0 atom stereocenters. The smallest absolute Gasteiger partial charge is 0.143 e. The predicted octanol–water partition coefficient (Wildman–Crippen LogP) is 1.58. The highest BCUT2D eigenvalue weighted by Crippen LogP contribution is 2.08. The monoisotopic (exact) mass is 158 g/mol. The van der Waals surface area contributed by atoms with E-state index in [1.54, 1.807) is 0 Å². The first kappa shape index (κ1) is 6.77. The van der Waals surface area contributed by atoms with Gasteiger partial charge >= 0.3 is 0 Å². The van der Waals surface area contributed by atoms with Gasteiger partial charge in [0, 0.05) is 4.86 Å². The quantitative estimate of drug-likeness (QED) is 0.458. The van der Waals surface area contributed by atoms with Gasteiger partial charge in [0.1, 0.15) is 5.01 Å². The maximum absolute atomic E-state index is 4.88. The molecule has 0 aromatic carbocycles. The van der Waals surface area contributed by atoms with E-state index in [0.717, 1.165) is 14.9 Å². The predicted molar refractivity (Wildman–Crippen MR) is 42.0 cm³/mol. The van der Waals surface area contributed by atoms with Crippen molar-refractivity contribution in [3.05, 3.63) is 10.0 Å². The van der Waals surface area contributed by atoms with Crippen molar-refractivity contribution in [3.63, 3.8) is 0 Å². The van der Waals surface area contributed by atoms with Crippen LogP contribution in [0.2, 0.25) is 0 Å². The Bertz CT molecular complexity index is 229. The van der Waals surface area contributed by atoms with Crippen LogP contribution in [-0.2, 0) is 0 Å². The molecular formula is C5H6N2S2. The van der Waals surface area contributed by atoms with Crippen LogP contribution in [0, 0.1) is 6.92 Å². The first-order valence-corrected chi connectivity index (χ1v) is 3.73. The molecular weight excluding hydrogens is 152 g/mol. The van der Waals surface area contributed by atoms with E-state index in [9.17, 15) is 0 Å². The molecule has 9 heavy (non-hydrogen) atoms. The Kier molecular flexibility index (Phi) is 1.87. The molecule has 0 spiro atoms. The average molecular weight is 158 g/mol. The minimum atomic E-state index is 0.820. The maximum Gasteiger partial charge on any atom is 0.154 e. The SMILES string of the molecule is CC(=S)c1nnc(C)s1. The normalized spacial score (nSPS) is 9.56. The molecule has 48 valence electrons. The van der Waals surface area contributed by atoms with Gasteiger partial charge in [0.05, 0.1) is 0 Å². The maximum atomic E-state index is 4.88. The summed E-state index contributed by atoms with van der Waals surface area (Å²) in [4.78, 5) is 0.820. The number of nitrogens with zero attached hydrogens (tertiary/aromatic N) is 2. The molecule has 1 aromatic heterocycles. The largest absolute Gasteiger partial charge is 0.154 e. The van der Waals surface area contributed by atoms with Crippen molar-refractivity contribution in [1.29, 1.82) is 0 Å². The van der Waals surface area contributed by atoms with Crippen LogP contribution in [0.4, 0.5) is 0 Å². The minimum Gasteiger partial charge on any atom is -0.143 e. The Morgan fingerprint density at radius 1 is 1.56 bits per heavy atom. The first-order chi connectivity index (χ1) is 4.20. The second-order valence-corrected chi connectivity index (χ2v) is 3.48. The zero-order valence-electron chi connectivity index (χ0n) is 5.21. The zero-order chi connectivity index (χ0) is 6.85. The number of aromatic nitrogens is 2. The molecule has 0 saturated carbocycles. The molecule has 0 bridgehead atoms. The summed E-state index contributed by atoms with van der Waals surface area (Å²) in [5.74, 6) is 0. The van der Waals surface area contributed by atoms with Gasteiger partial charge in [0.25, 0.3) is 0 Å². The topological polar surface area (TPSA) is 25.8 Å². The lowest BCUT2D eigenvalue weighted by molar-refractivity contribution is 1.04. The third kappa shape index (κ3) is 1.53. The van der Waals surface area contributed by atoms with Gasteiger partial charge in [0.15, 0.2) is 5.01 Å². The molecule has 4 heteroatoms. The first-order valence-electron chi connectivity index (χ1n) is 2.51. The fourth-order valence-electron chi connectivity index (χ4n) is 0.439. The second kappa shape index (κ2) is 2.49. The lowest BCUT2D eigenvalue weighted by Gasteiger charge is -1.80. The number of hydrogen-bond donors (Lipinski definition) is 0. The van der Waals surface area contributed by atoms with Crippen LogP contribution < -0.4 is 0 Å². The zero-order valence-corrected chi connectivity index (χ0v) is 6.84. The molecule has 1 aromatic rings. The summed E-state index contributed by atoms with van der Waals surface area (Å²) in [7, 11) is 0. The van der Waals surface area contributed by atoms with Gasteiger partial charge in [0.2, 0.25) is 0 Å². The van der Waals surface area contributed by atoms with Gasteiger partial charge in [-0.15, -0.1) is 10.2 Å². The highest BCUT2D eigenvalue weighted by atomic mass is 32.1. The van der Waals surface area contributed by atoms with Crippen LogP contribution >= 0.6 is 23.6 Å². The molecule has 0 unspecified atom stereocenters. The Balaban J connectivity index is 2.98. The average Bonchev–Trinajstić information content (AvgIpc) is 2.14. The summed E-state index contributed by atoms with van der Waals surface area (Å²) >= 11 is 6.42. The highest BCUT2D eigenvalue weighted by Gasteiger charge is 1.99. The van der Waals surface area contributed by atoms with Gasteiger partial charge in [-0.2, -0.15) is 0 Å². The van der Waals surface area contributed by atoms with Gasteiger partial charge in [-0.05, 0) is 13.8 Å². The third-order valence-electron chi connectivity index (χ3n) is 0.827. The van der Waals surface area contributed by atoms with Crippen LogP contribution in [0.3, 0.4) is 0 Å². The van der Waals surface area contributed by atoms with Crippen molar-refractivity contribution in [2.45, 2.75) is 13.8 Å². The Labute approximate surface area is 62.9 Å². The van der Waals surface area contributed by atoms with E-state index in [-0.39, 0.29) is 0 Å². The van der Waals surface area contributed by atoms with Crippen molar-refractivity contribution in [1.82, 2.24) is 10.2 Å². The summed E-state index contributed by atoms with van der Waals surface area (Å²) in [6.07, 6.45) is 0. The van der Waals surface area contributed by atoms with Gasteiger partial charge in [-0.1, -0.05) is 23.6 Å². The molecule has 1 heterocycles. The molecule has 0 aliphatic rings. The molecule has 0 radical (unpaired) electrons. The lowest BCUT2D eigenvalue weighted by Crippen LogP contribution is -1.86. The Morgan fingerprint density at radius 2 is 2.22 bits per heavy atom. The van der Waals surface area contributed by atoms with E-state index in [4.69, 9.17) is 12.2 Å². The van der Waals surface area contributed by atoms with Gasteiger partial charge < -0.3 is 0 Å². The van der Waals surface area contributed by atoms with Crippen LogP contribution in [0.5, 0.6) is 0 Å². The molecule has 1 rings (SSSR count). The summed E-state index contributed by atoms with van der Waals surface area (Å²) in [5.41, 5.74) is 0. The van der Waals surface area contributed by atoms with Crippen LogP contribution in [0.15, 0.2) is 0 Å². The van der Waals surface area contributed by atoms with E-state index in [1.807, 2.05) is 13.8 Å². The van der Waals surface area contributed by atoms with Crippen molar-refractivity contribution in [3.8, 4) is 0 Å². The second-order valence-electron chi connectivity index (χ2n) is 1.68. The van der Waals surface area contributed by atoms with E-state index >= 15 is 0 Å². The standard InChI is InChI=1S/C5H6N2S2/c1-3(8)5-7-6-4(2)9-5/h1-2H3. The molecule has 0 aliphatic carbocycles. The molecule has 0 fully saturated rings. The fraction of sp³-hybridized carbons (Fsp3) is 0.400. The fourth-order valence-corrected chi connectivity index (χ4v) is 1.19. The van der Waals surface area contributed by atoms with Crippen LogP contribution in [-0.4, -0.2) is 15.1 Å². The van der Waals surface area contributed by atoms with Crippen molar-refractivity contribution >= 4 is 28.4 Å². The van der Waals surface area contributed by atoms with Crippen LogP contribution in [0.25, 0.3) is 0 Å². The van der Waals surface area contributed by atoms with Gasteiger partial charge in [-0.25, -0.2) is 0 Å². The van der Waals surface area contributed by atoms with Crippen molar-refractivity contribution in [2.75, 3.05) is 0 Å². The van der Waals surface area contributed by atoms with E-state index in [2.05, 4.69) is 10.2 Å². The number of rotatable bonds is 1. The van der Waals surface area contributed by atoms with Gasteiger partial charge in [-0.3, -0.25) is 0 Å². The molecule has 0 amide bonds. The summed E-state index contributed by atoms with van der Waals surface area (Å²) in [5, 5.41) is 9.49. The molecule has 0 saturated heterocycles. The van der Waals surface area contributed by atoms with E-state index in [1.165, 1.54) is 11.3 Å². The van der Waals surface area contributed by atoms with Crippen molar-refractivity contribution in [2.24, 2.45) is 0 Å². The Hall–Kier alpha value is -0.350. The lowest BCUT2D eigenvalue weighted by atomic mass is 10.5. The minimum absolute atomic E-state index is 0.820. The molecule has 0 N–H and O–H groups in total. The number of thiocarbonyl (C=S) groups is 1. The summed E-state index contributed by atoms with van der Waals surface area (Å²) < 4.78 is 0.